The molecule has 2 heterocycles. The van der Waals surface area contributed by atoms with Crippen LogP contribution in [-0.4, -0.2) is 47.5 Å². The fraction of sp³-hybridized carbons (Fsp3) is 0.444. The van der Waals surface area contributed by atoms with Crippen LogP contribution in [0, 0.1) is 6.92 Å². The summed E-state index contributed by atoms with van der Waals surface area (Å²) in [6, 6.07) is 11.9. The van der Waals surface area contributed by atoms with E-state index < -0.39 is 0 Å². The van der Waals surface area contributed by atoms with Gasteiger partial charge >= 0.3 is 0 Å². The lowest BCUT2D eigenvalue weighted by atomic mass is 10.1. The second-order valence-electron chi connectivity index (χ2n) is 5.91. The SMILES string of the molecule is Cc1cc(-c2ccccc2)nn(CCCN2CCOCC2)c1=O. The Balaban J connectivity index is 1.71. The molecule has 5 heteroatoms. The van der Waals surface area contributed by atoms with E-state index in [4.69, 9.17) is 4.74 Å². The number of hydrogen-bond donors (Lipinski definition) is 0. The Morgan fingerprint density at radius 3 is 2.61 bits per heavy atom. The number of benzene rings is 1. The molecule has 0 atom stereocenters. The zero-order valence-electron chi connectivity index (χ0n) is 13.6. The summed E-state index contributed by atoms with van der Waals surface area (Å²) in [5, 5.41) is 4.55. The summed E-state index contributed by atoms with van der Waals surface area (Å²) in [7, 11) is 0. The molecular weight excluding hydrogens is 290 g/mol. The molecule has 2 aromatic rings. The van der Waals surface area contributed by atoms with Crippen LogP contribution in [0.2, 0.25) is 0 Å². The van der Waals surface area contributed by atoms with Gasteiger partial charge in [-0.25, -0.2) is 4.68 Å². The molecule has 0 aliphatic carbocycles. The van der Waals surface area contributed by atoms with E-state index in [0.29, 0.717) is 6.54 Å². The number of aryl methyl sites for hydroxylation is 2. The molecule has 5 nitrogen and oxygen atoms in total. The molecular formula is C18H23N3O2. The fourth-order valence-corrected chi connectivity index (χ4v) is 2.85. The Morgan fingerprint density at radius 1 is 1.13 bits per heavy atom. The van der Waals surface area contributed by atoms with Crippen LogP contribution in [0.15, 0.2) is 41.2 Å². The van der Waals surface area contributed by atoms with E-state index in [0.717, 1.165) is 56.1 Å². The van der Waals surface area contributed by atoms with E-state index >= 15 is 0 Å². The second kappa shape index (κ2) is 7.53. The van der Waals surface area contributed by atoms with Gasteiger partial charge in [0.05, 0.1) is 18.9 Å². The van der Waals surface area contributed by atoms with E-state index in [9.17, 15) is 4.79 Å². The molecule has 0 amide bonds. The Morgan fingerprint density at radius 2 is 1.87 bits per heavy atom. The smallest absolute Gasteiger partial charge is 0.269 e. The zero-order chi connectivity index (χ0) is 16.1. The normalized spacial score (nSPS) is 15.7. The van der Waals surface area contributed by atoms with Gasteiger partial charge in [-0.15, -0.1) is 0 Å². The first-order chi connectivity index (χ1) is 11.2. The Bertz CT molecular complexity index is 691. The monoisotopic (exact) mass is 313 g/mol. The van der Waals surface area contributed by atoms with Crippen LogP contribution in [0.1, 0.15) is 12.0 Å². The van der Waals surface area contributed by atoms with Crippen LogP contribution >= 0.6 is 0 Å². The standard InChI is InChI=1S/C18H23N3O2/c1-15-14-17(16-6-3-2-4-7-16)19-21(18(15)22)9-5-8-20-10-12-23-13-11-20/h2-4,6-7,14H,5,8-13H2,1H3. The van der Waals surface area contributed by atoms with Crippen LogP contribution < -0.4 is 5.56 Å². The van der Waals surface area contributed by atoms with Crippen LogP contribution in [0.25, 0.3) is 11.3 Å². The first kappa shape index (κ1) is 15.9. The van der Waals surface area contributed by atoms with Crippen LogP contribution in [0.4, 0.5) is 0 Å². The molecule has 1 fully saturated rings. The summed E-state index contributed by atoms with van der Waals surface area (Å²) in [4.78, 5) is 14.7. The number of morpholine rings is 1. The molecule has 0 N–H and O–H groups in total. The highest BCUT2D eigenvalue weighted by molar-refractivity contribution is 5.58. The maximum atomic E-state index is 12.3. The van der Waals surface area contributed by atoms with Crippen molar-refractivity contribution in [2.24, 2.45) is 0 Å². The van der Waals surface area contributed by atoms with E-state index in [1.54, 1.807) is 4.68 Å². The van der Waals surface area contributed by atoms with Gasteiger partial charge in [-0.05, 0) is 19.4 Å². The lowest BCUT2D eigenvalue weighted by Gasteiger charge is -2.26. The summed E-state index contributed by atoms with van der Waals surface area (Å²) in [5.74, 6) is 0. The Kier molecular flexibility index (Phi) is 5.20. The number of ether oxygens (including phenoxy) is 1. The molecule has 1 aliphatic heterocycles. The molecule has 0 spiro atoms. The summed E-state index contributed by atoms with van der Waals surface area (Å²) in [5.41, 5.74) is 2.64. The van der Waals surface area contributed by atoms with Crippen molar-refractivity contribution in [3.05, 3.63) is 52.3 Å². The van der Waals surface area contributed by atoms with Crippen molar-refractivity contribution in [3.63, 3.8) is 0 Å². The highest BCUT2D eigenvalue weighted by atomic mass is 16.5. The van der Waals surface area contributed by atoms with E-state index in [2.05, 4.69) is 10.00 Å². The highest BCUT2D eigenvalue weighted by Gasteiger charge is 2.11. The maximum Gasteiger partial charge on any atom is 0.269 e. The van der Waals surface area contributed by atoms with E-state index in [1.165, 1.54) is 0 Å². The van der Waals surface area contributed by atoms with Gasteiger partial charge in [-0.2, -0.15) is 5.10 Å². The number of rotatable bonds is 5. The van der Waals surface area contributed by atoms with Gasteiger partial charge < -0.3 is 4.74 Å². The summed E-state index contributed by atoms with van der Waals surface area (Å²) in [6.45, 7) is 7.05. The predicted molar refractivity (Wildman–Crippen MR) is 90.5 cm³/mol. The van der Waals surface area contributed by atoms with Crippen molar-refractivity contribution in [2.75, 3.05) is 32.8 Å². The minimum absolute atomic E-state index is 0.00617. The number of nitrogens with zero attached hydrogens (tertiary/aromatic N) is 3. The molecule has 122 valence electrons. The lowest BCUT2D eigenvalue weighted by Crippen LogP contribution is -2.37. The number of hydrogen-bond acceptors (Lipinski definition) is 4. The van der Waals surface area contributed by atoms with Crippen molar-refractivity contribution in [1.82, 2.24) is 14.7 Å². The third-order valence-corrected chi connectivity index (χ3v) is 4.17. The minimum Gasteiger partial charge on any atom is -0.379 e. The average molecular weight is 313 g/mol. The summed E-state index contributed by atoms with van der Waals surface area (Å²) in [6.07, 6.45) is 0.921. The van der Waals surface area contributed by atoms with Crippen molar-refractivity contribution < 1.29 is 4.74 Å². The third-order valence-electron chi connectivity index (χ3n) is 4.17. The van der Waals surface area contributed by atoms with Gasteiger partial charge in [0.1, 0.15) is 0 Å². The summed E-state index contributed by atoms with van der Waals surface area (Å²) >= 11 is 0. The van der Waals surface area contributed by atoms with Crippen LogP contribution in [-0.2, 0) is 11.3 Å². The van der Waals surface area contributed by atoms with E-state index in [-0.39, 0.29) is 5.56 Å². The molecule has 1 aromatic heterocycles. The lowest BCUT2D eigenvalue weighted by molar-refractivity contribution is 0.0368. The van der Waals surface area contributed by atoms with Crippen LogP contribution in [0.5, 0.6) is 0 Å². The quantitative estimate of drug-likeness (QED) is 0.846. The first-order valence-corrected chi connectivity index (χ1v) is 8.18. The van der Waals surface area contributed by atoms with Crippen LogP contribution in [0.3, 0.4) is 0 Å². The fourth-order valence-electron chi connectivity index (χ4n) is 2.85. The Labute approximate surface area is 136 Å². The minimum atomic E-state index is 0.00617. The largest absolute Gasteiger partial charge is 0.379 e. The first-order valence-electron chi connectivity index (χ1n) is 8.18. The molecule has 0 bridgehead atoms. The molecule has 0 unspecified atom stereocenters. The van der Waals surface area contributed by atoms with E-state index in [1.807, 2.05) is 43.3 Å². The second-order valence-corrected chi connectivity index (χ2v) is 5.91. The van der Waals surface area contributed by atoms with Crippen molar-refractivity contribution >= 4 is 0 Å². The topological polar surface area (TPSA) is 47.4 Å². The van der Waals surface area contributed by atoms with Crippen molar-refractivity contribution in [2.45, 2.75) is 19.9 Å². The molecule has 23 heavy (non-hydrogen) atoms. The maximum absolute atomic E-state index is 12.3. The number of aromatic nitrogens is 2. The molecule has 0 saturated carbocycles. The highest BCUT2D eigenvalue weighted by Crippen LogP contribution is 2.15. The molecule has 0 radical (unpaired) electrons. The van der Waals surface area contributed by atoms with Gasteiger partial charge in [0, 0.05) is 37.3 Å². The predicted octanol–water partition coefficient (Wildman–Crippen LogP) is 1.94. The van der Waals surface area contributed by atoms with Gasteiger partial charge in [-0.1, -0.05) is 30.3 Å². The van der Waals surface area contributed by atoms with Gasteiger partial charge in [0.15, 0.2) is 0 Å². The molecule has 1 aliphatic rings. The van der Waals surface area contributed by atoms with Gasteiger partial charge in [-0.3, -0.25) is 9.69 Å². The molecule has 3 rings (SSSR count). The summed E-state index contributed by atoms with van der Waals surface area (Å²) < 4.78 is 6.96. The third kappa shape index (κ3) is 4.06. The molecule has 1 aromatic carbocycles. The van der Waals surface area contributed by atoms with Gasteiger partial charge in [0.25, 0.3) is 5.56 Å². The van der Waals surface area contributed by atoms with Crippen molar-refractivity contribution in [3.8, 4) is 11.3 Å². The Hall–Kier alpha value is -1.98. The van der Waals surface area contributed by atoms with Gasteiger partial charge in [0.2, 0.25) is 0 Å². The van der Waals surface area contributed by atoms with Crippen molar-refractivity contribution in [1.29, 1.82) is 0 Å². The zero-order valence-corrected chi connectivity index (χ0v) is 13.6. The molecule has 1 saturated heterocycles. The average Bonchev–Trinajstić information content (AvgIpc) is 2.60.